The summed E-state index contributed by atoms with van der Waals surface area (Å²) in [6.07, 6.45) is 0.300. The maximum Gasteiger partial charge on any atom is 0.407 e. The summed E-state index contributed by atoms with van der Waals surface area (Å²) in [5.41, 5.74) is 0.619. The van der Waals surface area contributed by atoms with Crippen LogP contribution >= 0.6 is 15.9 Å². The Morgan fingerprint density at radius 1 is 1.33 bits per heavy atom. The maximum absolute atomic E-state index is 11.8. The summed E-state index contributed by atoms with van der Waals surface area (Å²) in [4.78, 5) is 11.8. The summed E-state index contributed by atoms with van der Waals surface area (Å²) in [6, 6.07) is 7.68. The first-order valence-corrected chi connectivity index (χ1v) is 7.89. The highest BCUT2D eigenvalue weighted by atomic mass is 79.9. The van der Waals surface area contributed by atoms with Crippen molar-refractivity contribution in [3.05, 3.63) is 34.3 Å². The number of ether oxygens (including phenoxy) is 1. The molecule has 1 aromatic rings. The molecule has 0 saturated carbocycles. The molecule has 21 heavy (non-hydrogen) atoms. The van der Waals surface area contributed by atoms with Gasteiger partial charge in [-0.15, -0.1) is 0 Å². The number of rotatable bonds is 5. The number of alkyl carbamates (subject to hydrolysis) is 1. The Morgan fingerprint density at radius 2 is 1.90 bits per heavy atom. The highest BCUT2D eigenvalue weighted by Gasteiger charge is 2.22. The van der Waals surface area contributed by atoms with Gasteiger partial charge in [0.1, 0.15) is 5.60 Å². The molecule has 0 aliphatic heterocycles. The number of benzene rings is 1. The molecule has 0 saturated heterocycles. The number of hydrogen-bond acceptors (Lipinski definition) is 3. The Labute approximate surface area is 135 Å². The second kappa shape index (κ2) is 7.80. The van der Waals surface area contributed by atoms with E-state index in [-0.39, 0.29) is 6.04 Å². The van der Waals surface area contributed by atoms with E-state index in [2.05, 4.69) is 21.2 Å². The van der Waals surface area contributed by atoms with Crippen molar-refractivity contribution in [2.45, 2.75) is 58.3 Å². The highest BCUT2D eigenvalue weighted by molar-refractivity contribution is 9.10. The normalized spacial score (nSPS) is 14.4. The van der Waals surface area contributed by atoms with Gasteiger partial charge in [0.25, 0.3) is 0 Å². The van der Waals surface area contributed by atoms with Crippen molar-refractivity contribution in [3.63, 3.8) is 0 Å². The molecule has 5 heteroatoms. The summed E-state index contributed by atoms with van der Waals surface area (Å²) in [6.45, 7) is 7.10. The third-order valence-electron chi connectivity index (χ3n) is 2.94. The van der Waals surface area contributed by atoms with Gasteiger partial charge in [-0.2, -0.15) is 0 Å². The van der Waals surface area contributed by atoms with Crippen molar-refractivity contribution in [2.24, 2.45) is 0 Å². The molecule has 0 aliphatic carbocycles. The topological polar surface area (TPSA) is 58.6 Å². The zero-order chi connectivity index (χ0) is 16.0. The molecule has 0 aliphatic rings. The molecule has 1 aromatic carbocycles. The number of aliphatic hydroxyl groups excluding tert-OH is 1. The number of halogens is 1. The van der Waals surface area contributed by atoms with E-state index >= 15 is 0 Å². The first-order valence-electron chi connectivity index (χ1n) is 7.09. The molecule has 1 amide bonds. The second-order valence-electron chi connectivity index (χ2n) is 6.16. The van der Waals surface area contributed by atoms with Gasteiger partial charge >= 0.3 is 6.09 Å². The average Bonchev–Trinajstić information content (AvgIpc) is 2.33. The Balaban J connectivity index is 2.54. The molecule has 0 bridgehead atoms. The van der Waals surface area contributed by atoms with Crippen LogP contribution in [0.4, 0.5) is 4.79 Å². The highest BCUT2D eigenvalue weighted by Crippen LogP contribution is 2.14. The average molecular weight is 358 g/mol. The predicted octanol–water partition coefficient (Wildman–Crippen LogP) is 3.66. The summed E-state index contributed by atoms with van der Waals surface area (Å²) in [5.74, 6) is 0. The van der Waals surface area contributed by atoms with Gasteiger partial charge in [-0.25, -0.2) is 4.79 Å². The number of aryl methyl sites for hydroxylation is 1. The largest absolute Gasteiger partial charge is 0.444 e. The Kier molecular flexibility index (Phi) is 6.68. The minimum Gasteiger partial charge on any atom is -0.444 e. The van der Waals surface area contributed by atoms with Gasteiger partial charge < -0.3 is 15.2 Å². The van der Waals surface area contributed by atoms with Crippen LogP contribution in [-0.4, -0.2) is 28.9 Å². The van der Waals surface area contributed by atoms with Crippen LogP contribution in [0.3, 0.4) is 0 Å². The quantitative estimate of drug-likeness (QED) is 0.845. The smallest absolute Gasteiger partial charge is 0.407 e. The third kappa shape index (κ3) is 7.48. The molecule has 118 valence electrons. The van der Waals surface area contributed by atoms with E-state index in [1.54, 1.807) is 6.92 Å². The molecule has 1 rings (SSSR count). The fourth-order valence-electron chi connectivity index (χ4n) is 1.87. The van der Waals surface area contributed by atoms with Crippen LogP contribution in [-0.2, 0) is 11.2 Å². The Hall–Kier alpha value is -1.07. The Morgan fingerprint density at radius 3 is 2.38 bits per heavy atom. The van der Waals surface area contributed by atoms with E-state index < -0.39 is 17.8 Å². The molecule has 2 atom stereocenters. The van der Waals surface area contributed by atoms with Crippen LogP contribution in [0.2, 0.25) is 0 Å². The number of carbonyl (C=O) groups excluding carboxylic acids is 1. The summed E-state index contributed by atoms with van der Waals surface area (Å²) < 4.78 is 6.25. The van der Waals surface area contributed by atoms with E-state index in [1.807, 2.05) is 45.0 Å². The van der Waals surface area contributed by atoms with Gasteiger partial charge in [0.05, 0.1) is 12.1 Å². The number of carbonyl (C=O) groups is 1. The van der Waals surface area contributed by atoms with Gasteiger partial charge in [-0.05, 0) is 58.2 Å². The molecule has 0 aromatic heterocycles. The lowest BCUT2D eigenvalue weighted by molar-refractivity contribution is 0.0431. The minimum atomic E-state index is -0.632. The molecular weight excluding hydrogens is 334 g/mol. The molecule has 0 unspecified atom stereocenters. The van der Waals surface area contributed by atoms with Gasteiger partial charge in [0.15, 0.2) is 0 Å². The number of hydrogen-bond donors (Lipinski definition) is 2. The standard InChI is InChI=1S/C16H24BrNO3/c1-11(19)14(18-15(20)21-16(2,3)4)10-7-12-5-8-13(17)9-6-12/h5-6,8-9,11,14,19H,7,10H2,1-4H3,(H,18,20)/t11-,14-/m0/s1. The first-order chi connectivity index (χ1) is 9.67. The molecule has 4 nitrogen and oxygen atoms in total. The SMILES string of the molecule is C[C@H](O)[C@H](CCc1ccc(Br)cc1)NC(=O)OC(C)(C)C. The van der Waals surface area contributed by atoms with E-state index in [4.69, 9.17) is 4.74 Å². The molecule has 2 N–H and O–H groups in total. The van der Waals surface area contributed by atoms with Crippen molar-refractivity contribution in [2.75, 3.05) is 0 Å². The first kappa shape index (κ1) is 18.0. The maximum atomic E-state index is 11.8. The summed E-state index contributed by atoms with van der Waals surface area (Å²) in [5, 5.41) is 12.5. The van der Waals surface area contributed by atoms with Crippen LogP contribution < -0.4 is 5.32 Å². The van der Waals surface area contributed by atoms with Crippen LogP contribution in [0.1, 0.15) is 39.7 Å². The lowest BCUT2D eigenvalue weighted by atomic mass is 10.0. The predicted molar refractivity (Wildman–Crippen MR) is 87.3 cm³/mol. The third-order valence-corrected chi connectivity index (χ3v) is 3.47. The van der Waals surface area contributed by atoms with Crippen LogP contribution in [0.15, 0.2) is 28.7 Å². The lowest BCUT2D eigenvalue weighted by Gasteiger charge is -2.25. The number of aliphatic hydroxyl groups is 1. The second-order valence-corrected chi connectivity index (χ2v) is 7.07. The molecule has 0 fully saturated rings. The van der Waals surface area contributed by atoms with E-state index in [0.717, 1.165) is 16.5 Å². The molecular formula is C16H24BrNO3. The van der Waals surface area contributed by atoms with Crippen molar-refractivity contribution in [1.82, 2.24) is 5.32 Å². The van der Waals surface area contributed by atoms with Crippen molar-refractivity contribution in [3.8, 4) is 0 Å². The fraction of sp³-hybridized carbons (Fsp3) is 0.562. The van der Waals surface area contributed by atoms with E-state index in [1.165, 1.54) is 0 Å². The number of amides is 1. The molecule has 0 radical (unpaired) electrons. The fourth-order valence-corrected chi connectivity index (χ4v) is 2.13. The van der Waals surface area contributed by atoms with Crippen LogP contribution in [0.5, 0.6) is 0 Å². The lowest BCUT2D eigenvalue weighted by Crippen LogP contribution is -2.44. The van der Waals surface area contributed by atoms with Gasteiger partial charge in [-0.1, -0.05) is 28.1 Å². The minimum absolute atomic E-state index is 0.330. The zero-order valence-corrected chi connectivity index (χ0v) is 14.6. The van der Waals surface area contributed by atoms with Gasteiger partial charge in [0, 0.05) is 4.47 Å². The summed E-state index contributed by atoms with van der Waals surface area (Å²) in [7, 11) is 0. The van der Waals surface area contributed by atoms with Gasteiger partial charge in [-0.3, -0.25) is 0 Å². The summed E-state index contributed by atoms with van der Waals surface area (Å²) >= 11 is 3.40. The van der Waals surface area contributed by atoms with Crippen molar-refractivity contribution >= 4 is 22.0 Å². The number of nitrogens with one attached hydrogen (secondary N) is 1. The van der Waals surface area contributed by atoms with Crippen LogP contribution in [0.25, 0.3) is 0 Å². The van der Waals surface area contributed by atoms with E-state index in [9.17, 15) is 9.90 Å². The molecule has 0 heterocycles. The van der Waals surface area contributed by atoms with Crippen molar-refractivity contribution < 1.29 is 14.6 Å². The van der Waals surface area contributed by atoms with Gasteiger partial charge in [0.2, 0.25) is 0 Å². The monoisotopic (exact) mass is 357 g/mol. The van der Waals surface area contributed by atoms with Crippen LogP contribution in [0, 0.1) is 0 Å². The molecule has 0 spiro atoms. The van der Waals surface area contributed by atoms with E-state index in [0.29, 0.717) is 6.42 Å². The zero-order valence-electron chi connectivity index (χ0n) is 13.0. The van der Waals surface area contributed by atoms with Crippen molar-refractivity contribution in [1.29, 1.82) is 0 Å². The Bertz CT molecular complexity index is 452.